The fourth-order valence-corrected chi connectivity index (χ4v) is 0.252. The van der Waals surface area contributed by atoms with Crippen LogP contribution in [0.25, 0.3) is 0 Å². The summed E-state index contributed by atoms with van der Waals surface area (Å²) in [6.07, 6.45) is 0. The summed E-state index contributed by atoms with van der Waals surface area (Å²) in [4.78, 5) is 0. The van der Waals surface area contributed by atoms with Crippen molar-refractivity contribution in [1.29, 1.82) is 10.5 Å². The monoisotopic (exact) mass is 136 g/mol. The Morgan fingerprint density at radius 1 is 1.00 bits per heavy atom. The highest BCUT2D eigenvalue weighted by Gasteiger charge is 1.96. The molecule has 0 bridgehead atoms. The van der Waals surface area contributed by atoms with E-state index in [9.17, 15) is 0 Å². The first-order chi connectivity index (χ1) is 4.70. The standard InChI is InChI=1S/C6H8N4/c1-5(3-7)9-10-6(2)4-8/h5-6H,1-2H3. The van der Waals surface area contributed by atoms with E-state index < -0.39 is 12.1 Å². The zero-order valence-corrected chi connectivity index (χ0v) is 5.94. The number of rotatable bonds is 2. The highest BCUT2D eigenvalue weighted by molar-refractivity contribution is 4.88. The van der Waals surface area contributed by atoms with Crippen LogP contribution in [0.5, 0.6) is 0 Å². The van der Waals surface area contributed by atoms with Crippen molar-refractivity contribution in [2.75, 3.05) is 0 Å². The normalized spacial score (nSPS) is 15.6. The van der Waals surface area contributed by atoms with Crippen LogP contribution < -0.4 is 0 Å². The third kappa shape index (κ3) is 3.57. The van der Waals surface area contributed by atoms with Gasteiger partial charge in [0.1, 0.15) is 0 Å². The second-order valence-electron chi connectivity index (χ2n) is 1.84. The fraction of sp³-hybridized carbons (Fsp3) is 0.667. The molecule has 0 aliphatic carbocycles. The summed E-state index contributed by atoms with van der Waals surface area (Å²) in [6.45, 7) is 3.24. The Labute approximate surface area is 59.8 Å². The SMILES string of the molecule is CC(C#N)N=NC(C)C#N. The number of azo groups is 1. The van der Waals surface area contributed by atoms with Crippen LogP contribution in [0.3, 0.4) is 0 Å². The summed E-state index contributed by atoms with van der Waals surface area (Å²) in [5.41, 5.74) is 0. The molecule has 52 valence electrons. The summed E-state index contributed by atoms with van der Waals surface area (Å²) in [5, 5.41) is 23.6. The first-order valence-electron chi connectivity index (χ1n) is 2.90. The molecule has 4 heteroatoms. The van der Waals surface area contributed by atoms with Crippen LogP contribution in [-0.4, -0.2) is 12.1 Å². The fourth-order valence-electron chi connectivity index (χ4n) is 0.252. The minimum absolute atomic E-state index is 0.448. The average molecular weight is 136 g/mol. The molecule has 0 aromatic rings. The smallest absolute Gasteiger partial charge is 0.154 e. The largest absolute Gasteiger partial charge is 0.196 e. The van der Waals surface area contributed by atoms with Crippen LogP contribution in [0.2, 0.25) is 0 Å². The Bertz CT molecular complexity index is 173. The number of hydrogen-bond donors (Lipinski definition) is 0. The van der Waals surface area contributed by atoms with E-state index in [-0.39, 0.29) is 0 Å². The van der Waals surface area contributed by atoms with Crippen LogP contribution in [0.4, 0.5) is 0 Å². The minimum atomic E-state index is -0.448. The van der Waals surface area contributed by atoms with E-state index >= 15 is 0 Å². The predicted octanol–water partition coefficient (Wildman–Crippen LogP) is 1.26. The van der Waals surface area contributed by atoms with E-state index in [0.29, 0.717) is 0 Å². The molecule has 0 saturated heterocycles. The van der Waals surface area contributed by atoms with Crippen molar-refractivity contribution in [3.63, 3.8) is 0 Å². The summed E-state index contributed by atoms with van der Waals surface area (Å²) in [6, 6.07) is 2.85. The number of nitriles is 2. The Hall–Kier alpha value is -1.42. The molecule has 0 aromatic heterocycles. The summed E-state index contributed by atoms with van der Waals surface area (Å²) in [5.74, 6) is 0. The lowest BCUT2D eigenvalue weighted by atomic mass is 10.4. The van der Waals surface area contributed by atoms with Gasteiger partial charge in [0, 0.05) is 0 Å². The molecule has 0 aliphatic heterocycles. The van der Waals surface area contributed by atoms with Crippen molar-refractivity contribution in [2.45, 2.75) is 25.9 Å². The molecular weight excluding hydrogens is 128 g/mol. The second kappa shape index (κ2) is 4.46. The van der Waals surface area contributed by atoms with Gasteiger partial charge in [-0.25, -0.2) is 0 Å². The predicted molar refractivity (Wildman–Crippen MR) is 35.0 cm³/mol. The van der Waals surface area contributed by atoms with E-state index in [0.717, 1.165) is 0 Å². The molecule has 0 amide bonds. The van der Waals surface area contributed by atoms with Gasteiger partial charge in [-0.3, -0.25) is 0 Å². The van der Waals surface area contributed by atoms with Crippen LogP contribution >= 0.6 is 0 Å². The first-order valence-corrected chi connectivity index (χ1v) is 2.90. The molecule has 4 nitrogen and oxygen atoms in total. The molecule has 0 spiro atoms. The van der Waals surface area contributed by atoms with Gasteiger partial charge in [0.25, 0.3) is 0 Å². The molecule has 0 aliphatic rings. The van der Waals surface area contributed by atoms with Crippen LogP contribution in [0.1, 0.15) is 13.8 Å². The Kier molecular flexibility index (Phi) is 3.83. The van der Waals surface area contributed by atoms with Gasteiger partial charge in [-0.1, -0.05) is 0 Å². The van der Waals surface area contributed by atoms with Gasteiger partial charge in [-0.2, -0.15) is 20.8 Å². The lowest BCUT2D eigenvalue weighted by Gasteiger charge is -1.91. The maximum absolute atomic E-state index is 8.23. The van der Waals surface area contributed by atoms with Gasteiger partial charge in [-0.05, 0) is 13.8 Å². The second-order valence-corrected chi connectivity index (χ2v) is 1.84. The zero-order valence-electron chi connectivity index (χ0n) is 5.94. The van der Waals surface area contributed by atoms with Gasteiger partial charge in [0.05, 0.1) is 12.1 Å². The lowest BCUT2D eigenvalue weighted by molar-refractivity contribution is 0.760. The third-order valence-electron chi connectivity index (χ3n) is 0.787. The Balaban J connectivity index is 3.81. The van der Waals surface area contributed by atoms with Crippen molar-refractivity contribution in [3.05, 3.63) is 0 Å². The molecular formula is C6H8N4. The van der Waals surface area contributed by atoms with Crippen LogP contribution in [-0.2, 0) is 0 Å². The topological polar surface area (TPSA) is 72.3 Å². The molecule has 0 heterocycles. The van der Waals surface area contributed by atoms with E-state index in [1.165, 1.54) is 0 Å². The molecule has 0 rings (SSSR count). The minimum Gasteiger partial charge on any atom is -0.196 e. The molecule has 0 radical (unpaired) electrons. The van der Waals surface area contributed by atoms with Crippen LogP contribution in [0.15, 0.2) is 10.2 Å². The van der Waals surface area contributed by atoms with Crippen molar-refractivity contribution < 1.29 is 0 Å². The summed E-state index contributed by atoms with van der Waals surface area (Å²) < 4.78 is 0. The third-order valence-corrected chi connectivity index (χ3v) is 0.787. The van der Waals surface area contributed by atoms with Crippen molar-refractivity contribution in [2.24, 2.45) is 10.2 Å². The highest BCUT2D eigenvalue weighted by Crippen LogP contribution is 1.92. The number of hydrogen-bond acceptors (Lipinski definition) is 4. The summed E-state index contributed by atoms with van der Waals surface area (Å²) in [7, 11) is 0. The van der Waals surface area contributed by atoms with Gasteiger partial charge >= 0.3 is 0 Å². The molecule has 2 atom stereocenters. The van der Waals surface area contributed by atoms with Crippen molar-refractivity contribution >= 4 is 0 Å². The Morgan fingerprint density at radius 3 is 1.50 bits per heavy atom. The average Bonchev–Trinajstić information content (AvgIpc) is 1.99. The molecule has 0 aromatic carbocycles. The van der Waals surface area contributed by atoms with E-state index in [4.69, 9.17) is 10.5 Å². The molecule has 2 unspecified atom stereocenters. The van der Waals surface area contributed by atoms with Crippen LogP contribution in [0, 0.1) is 22.7 Å². The zero-order chi connectivity index (χ0) is 7.98. The maximum atomic E-state index is 8.23. The van der Waals surface area contributed by atoms with Gasteiger partial charge in [0.2, 0.25) is 0 Å². The molecule has 0 N–H and O–H groups in total. The number of nitrogens with zero attached hydrogens (tertiary/aromatic N) is 4. The Morgan fingerprint density at radius 2 is 1.30 bits per heavy atom. The van der Waals surface area contributed by atoms with Gasteiger partial charge in [-0.15, -0.1) is 0 Å². The maximum Gasteiger partial charge on any atom is 0.154 e. The van der Waals surface area contributed by atoms with Gasteiger partial charge < -0.3 is 0 Å². The van der Waals surface area contributed by atoms with Crippen molar-refractivity contribution in [1.82, 2.24) is 0 Å². The quantitative estimate of drug-likeness (QED) is 0.536. The first kappa shape index (κ1) is 8.58. The van der Waals surface area contributed by atoms with E-state index in [1.54, 1.807) is 13.8 Å². The molecule has 10 heavy (non-hydrogen) atoms. The highest BCUT2D eigenvalue weighted by atomic mass is 15.1. The summed E-state index contributed by atoms with van der Waals surface area (Å²) >= 11 is 0. The van der Waals surface area contributed by atoms with E-state index in [2.05, 4.69) is 10.2 Å². The van der Waals surface area contributed by atoms with Gasteiger partial charge in [0.15, 0.2) is 12.1 Å². The molecule has 0 fully saturated rings. The lowest BCUT2D eigenvalue weighted by Crippen LogP contribution is -1.95. The van der Waals surface area contributed by atoms with E-state index in [1.807, 2.05) is 12.1 Å². The molecule has 0 saturated carbocycles. The van der Waals surface area contributed by atoms with Crippen molar-refractivity contribution in [3.8, 4) is 12.1 Å².